The molecule has 1 N–H and O–H groups in total. The molecule has 0 unspecified atom stereocenters. The van der Waals surface area contributed by atoms with Crippen molar-refractivity contribution in [3.8, 4) is 5.75 Å². The SMILES string of the molecule is COc1ccc2c(=O)n3ccc4c5ccccc5[nH]c4c3nc2c1. The molecule has 5 aromatic rings. The van der Waals surface area contributed by atoms with E-state index in [0.29, 0.717) is 22.3 Å². The van der Waals surface area contributed by atoms with Gasteiger partial charge in [0.25, 0.3) is 5.56 Å². The molecule has 3 heterocycles. The van der Waals surface area contributed by atoms with Crippen LogP contribution in [0.15, 0.2) is 59.5 Å². The fourth-order valence-corrected chi connectivity index (χ4v) is 3.28. The van der Waals surface area contributed by atoms with Crippen molar-refractivity contribution in [1.82, 2.24) is 14.4 Å². The van der Waals surface area contributed by atoms with Gasteiger partial charge in [0.1, 0.15) is 5.75 Å². The quantitative estimate of drug-likeness (QED) is 0.482. The smallest absolute Gasteiger partial charge is 0.265 e. The minimum absolute atomic E-state index is 0.0850. The van der Waals surface area contributed by atoms with E-state index in [1.165, 1.54) is 0 Å². The van der Waals surface area contributed by atoms with Gasteiger partial charge in [-0.2, -0.15) is 0 Å². The number of benzene rings is 2. The highest BCUT2D eigenvalue weighted by molar-refractivity contribution is 6.11. The van der Waals surface area contributed by atoms with E-state index in [-0.39, 0.29) is 5.56 Å². The molecule has 0 aliphatic heterocycles. The molecule has 0 atom stereocenters. The van der Waals surface area contributed by atoms with Crippen LogP contribution in [0.25, 0.3) is 38.4 Å². The van der Waals surface area contributed by atoms with Crippen molar-refractivity contribution in [2.24, 2.45) is 0 Å². The molecule has 5 heteroatoms. The largest absolute Gasteiger partial charge is 0.497 e. The molecule has 0 amide bonds. The lowest BCUT2D eigenvalue weighted by atomic mass is 10.2. The maximum Gasteiger partial charge on any atom is 0.265 e. The topological polar surface area (TPSA) is 59.4 Å². The summed E-state index contributed by atoms with van der Waals surface area (Å²) in [6.07, 6.45) is 1.79. The molecule has 0 bridgehead atoms. The second-order valence-electron chi connectivity index (χ2n) is 5.77. The summed E-state index contributed by atoms with van der Waals surface area (Å²) in [5, 5.41) is 2.75. The number of hydrogen-bond acceptors (Lipinski definition) is 3. The van der Waals surface area contributed by atoms with Crippen LogP contribution in [0.2, 0.25) is 0 Å². The molecule has 24 heavy (non-hydrogen) atoms. The lowest BCUT2D eigenvalue weighted by Crippen LogP contribution is -2.15. The third-order valence-electron chi connectivity index (χ3n) is 4.47. The van der Waals surface area contributed by atoms with Crippen LogP contribution in [0.5, 0.6) is 5.75 Å². The van der Waals surface area contributed by atoms with Crippen molar-refractivity contribution in [1.29, 1.82) is 0 Å². The van der Waals surface area contributed by atoms with Gasteiger partial charge in [-0.15, -0.1) is 0 Å². The van der Waals surface area contributed by atoms with E-state index in [9.17, 15) is 4.79 Å². The standard InChI is InChI=1S/C19H13N3O2/c1-24-11-6-7-14-16(10-11)21-18-17-13(8-9-22(18)19(14)23)12-4-2-3-5-15(12)20-17/h2-10,20H,1H3. The number of hydrogen-bond donors (Lipinski definition) is 1. The van der Waals surface area contributed by atoms with Crippen LogP contribution in [0, 0.1) is 0 Å². The zero-order valence-electron chi connectivity index (χ0n) is 12.9. The number of rotatable bonds is 1. The molecule has 0 aliphatic carbocycles. The van der Waals surface area contributed by atoms with E-state index in [2.05, 4.69) is 11.1 Å². The Balaban J connectivity index is 2.02. The van der Waals surface area contributed by atoms with Crippen LogP contribution in [0.4, 0.5) is 0 Å². The number of pyridine rings is 1. The monoisotopic (exact) mass is 315 g/mol. The first-order valence-corrected chi connectivity index (χ1v) is 7.66. The van der Waals surface area contributed by atoms with Crippen LogP contribution in [0.1, 0.15) is 0 Å². The maximum absolute atomic E-state index is 12.8. The van der Waals surface area contributed by atoms with Gasteiger partial charge >= 0.3 is 0 Å². The Morgan fingerprint density at radius 1 is 1.04 bits per heavy atom. The van der Waals surface area contributed by atoms with Crippen molar-refractivity contribution in [3.63, 3.8) is 0 Å². The van der Waals surface area contributed by atoms with Gasteiger partial charge in [-0.05, 0) is 24.3 Å². The number of aromatic nitrogens is 3. The average molecular weight is 315 g/mol. The highest BCUT2D eigenvalue weighted by Crippen LogP contribution is 2.27. The van der Waals surface area contributed by atoms with Gasteiger partial charge < -0.3 is 9.72 Å². The fourth-order valence-electron chi connectivity index (χ4n) is 3.28. The lowest BCUT2D eigenvalue weighted by molar-refractivity contribution is 0.415. The molecule has 5 nitrogen and oxygen atoms in total. The van der Waals surface area contributed by atoms with Crippen molar-refractivity contribution in [3.05, 3.63) is 65.1 Å². The molecule has 116 valence electrons. The van der Waals surface area contributed by atoms with Gasteiger partial charge in [-0.3, -0.25) is 9.20 Å². The summed E-state index contributed by atoms with van der Waals surface area (Å²) in [5.41, 5.74) is 3.05. The molecule has 0 aliphatic rings. The predicted molar refractivity (Wildman–Crippen MR) is 94.9 cm³/mol. The second kappa shape index (κ2) is 4.58. The number of aromatic amines is 1. The van der Waals surface area contributed by atoms with Gasteiger partial charge in [0, 0.05) is 28.6 Å². The maximum atomic E-state index is 12.8. The first kappa shape index (κ1) is 13.1. The van der Waals surface area contributed by atoms with E-state index in [1.54, 1.807) is 35.9 Å². The van der Waals surface area contributed by atoms with Crippen LogP contribution in [-0.2, 0) is 0 Å². The second-order valence-corrected chi connectivity index (χ2v) is 5.77. The number of methoxy groups -OCH3 is 1. The van der Waals surface area contributed by atoms with Crippen molar-refractivity contribution in [2.75, 3.05) is 7.11 Å². The number of para-hydroxylation sites is 1. The number of fused-ring (bicyclic) bond motifs is 6. The third-order valence-corrected chi connectivity index (χ3v) is 4.47. The molecule has 0 spiro atoms. The summed E-state index contributed by atoms with van der Waals surface area (Å²) in [6.45, 7) is 0. The molecule has 5 rings (SSSR count). The molecule has 0 radical (unpaired) electrons. The van der Waals surface area contributed by atoms with Crippen molar-refractivity contribution >= 4 is 38.4 Å². The number of H-pyrrole nitrogens is 1. The zero-order chi connectivity index (χ0) is 16.3. The van der Waals surface area contributed by atoms with Gasteiger partial charge in [0.2, 0.25) is 0 Å². The summed E-state index contributed by atoms with van der Waals surface area (Å²) >= 11 is 0. The van der Waals surface area contributed by atoms with Gasteiger partial charge in [-0.25, -0.2) is 4.98 Å². The number of ether oxygens (including phenoxy) is 1. The summed E-state index contributed by atoms with van der Waals surface area (Å²) in [7, 11) is 1.60. The molecule has 0 saturated heterocycles. The third kappa shape index (κ3) is 1.64. The predicted octanol–water partition coefficient (Wildman–Crippen LogP) is 3.49. The Hall–Kier alpha value is -3.34. The van der Waals surface area contributed by atoms with Crippen LogP contribution >= 0.6 is 0 Å². The highest BCUT2D eigenvalue weighted by Gasteiger charge is 2.12. The molecule has 0 saturated carbocycles. The fraction of sp³-hybridized carbons (Fsp3) is 0.0526. The molecule has 0 fully saturated rings. The highest BCUT2D eigenvalue weighted by atomic mass is 16.5. The first-order chi connectivity index (χ1) is 11.8. The van der Waals surface area contributed by atoms with E-state index in [1.807, 2.05) is 24.3 Å². The van der Waals surface area contributed by atoms with Crippen LogP contribution < -0.4 is 10.3 Å². The summed E-state index contributed by atoms with van der Waals surface area (Å²) in [6, 6.07) is 15.4. The van der Waals surface area contributed by atoms with Crippen LogP contribution in [0.3, 0.4) is 0 Å². The van der Waals surface area contributed by atoms with Gasteiger partial charge in [0.15, 0.2) is 5.65 Å². The normalized spacial score (nSPS) is 11.7. The molecular formula is C19H13N3O2. The Bertz CT molecular complexity index is 1310. The van der Waals surface area contributed by atoms with E-state index in [0.717, 1.165) is 21.8 Å². The van der Waals surface area contributed by atoms with E-state index in [4.69, 9.17) is 9.72 Å². The number of nitrogens with one attached hydrogen (secondary N) is 1. The first-order valence-electron chi connectivity index (χ1n) is 7.66. The van der Waals surface area contributed by atoms with Crippen molar-refractivity contribution in [2.45, 2.75) is 0 Å². The Labute approximate surface area is 136 Å². The van der Waals surface area contributed by atoms with Crippen molar-refractivity contribution < 1.29 is 4.74 Å². The Kier molecular flexibility index (Phi) is 2.51. The van der Waals surface area contributed by atoms with E-state index < -0.39 is 0 Å². The molecule has 2 aromatic carbocycles. The number of nitrogens with zero attached hydrogens (tertiary/aromatic N) is 2. The van der Waals surface area contributed by atoms with Crippen LogP contribution in [-0.4, -0.2) is 21.5 Å². The Morgan fingerprint density at radius 2 is 1.92 bits per heavy atom. The summed E-state index contributed by atoms with van der Waals surface area (Å²) < 4.78 is 6.84. The van der Waals surface area contributed by atoms with Gasteiger partial charge in [-0.1, -0.05) is 18.2 Å². The average Bonchev–Trinajstić information content (AvgIpc) is 3.00. The van der Waals surface area contributed by atoms with E-state index >= 15 is 0 Å². The lowest BCUT2D eigenvalue weighted by Gasteiger charge is -2.06. The zero-order valence-corrected chi connectivity index (χ0v) is 12.9. The molecular weight excluding hydrogens is 302 g/mol. The Morgan fingerprint density at radius 3 is 2.79 bits per heavy atom. The minimum Gasteiger partial charge on any atom is -0.497 e. The summed E-state index contributed by atoms with van der Waals surface area (Å²) in [5.74, 6) is 0.683. The molecule has 3 aromatic heterocycles. The van der Waals surface area contributed by atoms with Gasteiger partial charge in [0.05, 0.1) is 23.5 Å². The minimum atomic E-state index is -0.0850. The summed E-state index contributed by atoms with van der Waals surface area (Å²) in [4.78, 5) is 20.9.